The SMILES string of the molecule is CC(C)(C)c1cc(CCC(=O)NCCN2CCNCC2)cc(C(C)(C)C)c1O. The van der Waals surface area contributed by atoms with E-state index in [-0.39, 0.29) is 16.7 Å². The number of benzene rings is 1. The van der Waals surface area contributed by atoms with Crippen LogP contribution in [0.2, 0.25) is 0 Å². The highest BCUT2D eigenvalue weighted by molar-refractivity contribution is 5.76. The van der Waals surface area contributed by atoms with Crippen molar-refractivity contribution in [3.05, 3.63) is 28.8 Å². The number of hydrogen-bond acceptors (Lipinski definition) is 4. The Hall–Kier alpha value is -1.59. The number of phenolic OH excluding ortho intramolecular Hbond substituents is 1. The maximum Gasteiger partial charge on any atom is 0.220 e. The Morgan fingerprint density at radius 2 is 1.61 bits per heavy atom. The molecule has 3 N–H and O–H groups in total. The zero-order valence-electron chi connectivity index (χ0n) is 18.6. The largest absolute Gasteiger partial charge is 0.507 e. The van der Waals surface area contributed by atoms with E-state index in [1.54, 1.807) is 0 Å². The van der Waals surface area contributed by atoms with Gasteiger partial charge < -0.3 is 15.7 Å². The molecule has 1 aliphatic heterocycles. The molecule has 0 aromatic heterocycles. The summed E-state index contributed by atoms with van der Waals surface area (Å²) in [5, 5.41) is 17.2. The number of aromatic hydroxyl groups is 1. The first-order valence-corrected chi connectivity index (χ1v) is 10.5. The van der Waals surface area contributed by atoms with Gasteiger partial charge in [-0.3, -0.25) is 9.69 Å². The van der Waals surface area contributed by atoms with Gasteiger partial charge in [0.05, 0.1) is 0 Å². The minimum absolute atomic E-state index is 0.0952. The number of carbonyl (C=O) groups excluding carboxylic acids is 1. The van der Waals surface area contributed by atoms with Gasteiger partial charge in [0.25, 0.3) is 0 Å². The highest BCUT2D eigenvalue weighted by Crippen LogP contribution is 2.39. The van der Waals surface area contributed by atoms with Gasteiger partial charge in [-0.1, -0.05) is 53.7 Å². The zero-order valence-corrected chi connectivity index (χ0v) is 18.6. The van der Waals surface area contributed by atoms with Crippen LogP contribution in [0.4, 0.5) is 0 Å². The molecule has 0 aliphatic carbocycles. The maximum absolute atomic E-state index is 12.3. The molecule has 28 heavy (non-hydrogen) atoms. The molecule has 0 spiro atoms. The van der Waals surface area contributed by atoms with Crippen LogP contribution in [-0.2, 0) is 22.0 Å². The molecule has 1 aromatic rings. The summed E-state index contributed by atoms with van der Waals surface area (Å²) in [6.07, 6.45) is 1.16. The van der Waals surface area contributed by atoms with Crippen molar-refractivity contribution in [3.8, 4) is 5.75 Å². The fourth-order valence-electron chi connectivity index (χ4n) is 3.62. The Balaban J connectivity index is 1.97. The standard InChI is InChI=1S/C23H39N3O2/c1-22(2,3)18-15-17(16-19(21(18)28)23(4,5)6)7-8-20(27)25-11-14-26-12-9-24-10-13-26/h15-16,24,28H,7-14H2,1-6H3,(H,25,27). The Morgan fingerprint density at radius 1 is 1.07 bits per heavy atom. The first kappa shape index (κ1) is 22.7. The molecule has 1 amide bonds. The Kier molecular flexibility index (Phi) is 7.52. The normalized spacial score (nSPS) is 16.2. The minimum Gasteiger partial charge on any atom is -0.507 e. The summed E-state index contributed by atoms with van der Waals surface area (Å²) >= 11 is 0. The van der Waals surface area contributed by atoms with Crippen LogP contribution in [0.15, 0.2) is 12.1 Å². The van der Waals surface area contributed by atoms with E-state index in [0.29, 0.717) is 25.1 Å². The van der Waals surface area contributed by atoms with Gasteiger partial charge in [0, 0.05) is 45.7 Å². The molecule has 0 saturated carbocycles. The van der Waals surface area contributed by atoms with Crippen molar-refractivity contribution in [2.45, 2.75) is 65.2 Å². The lowest BCUT2D eigenvalue weighted by Gasteiger charge is -2.28. The summed E-state index contributed by atoms with van der Waals surface area (Å²) in [7, 11) is 0. The van der Waals surface area contributed by atoms with Crippen molar-refractivity contribution in [2.75, 3.05) is 39.3 Å². The van der Waals surface area contributed by atoms with Gasteiger partial charge in [0.2, 0.25) is 5.91 Å². The Bertz CT molecular complexity index is 630. The molecule has 5 nitrogen and oxygen atoms in total. The van der Waals surface area contributed by atoms with Crippen molar-refractivity contribution >= 4 is 5.91 Å². The van der Waals surface area contributed by atoms with Crippen LogP contribution in [0.5, 0.6) is 5.75 Å². The Morgan fingerprint density at radius 3 is 2.11 bits per heavy atom. The van der Waals surface area contributed by atoms with Crippen LogP contribution in [-0.4, -0.2) is 55.2 Å². The first-order valence-electron chi connectivity index (χ1n) is 10.5. The number of nitrogens with zero attached hydrogens (tertiary/aromatic N) is 1. The Labute approximate surface area is 170 Å². The summed E-state index contributed by atoms with van der Waals surface area (Å²) in [6.45, 7) is 18.4. The first-order chi connectivity index (χ1) is 13.0. The topological polar surface area (TPSA) is 64.6 Å². The van der Waals surface area contributed by atoms with Crippen molar-refractivity contribution in [1.29, 1.82) is 0 Å². The van der Waals surface area contributed by atoms with E-state index in [1.165, 1.54) is 0 Å². The van der Waals surface area contributed by atoms with E-state index in [2.05, 4.69) is 69.2 Å². The molecule has 1 saturated heterocycles. The molecular formula is C23H39N3O2. The number of nitrogens with one attached hydrogen (secondary N) is 2. The minimum atomic E-state index is -0.147. The second-order valence-electron chi connectivity index (χ2n) is 9.98. The van der Waals surface area contributed by atoms with Crippen molar-refractivity contribution in [3.63, 3.8) is 0 Å². The molecule has 5 heteroatoms. The van der Waals surface area contributed by atoms with Crippen molar-refractivity contribution in [2.24, 2.45) is 0 Å². The fourth-order valence-corrected chi connectivity index (χ4v) is 3.62. The lowest BCUT2D eigenvalue weighted by atomic mass is 9.78. The predicted octanol–water partition coefficient (Wildman–Crippen LogP) is 2.94. The molecule has 0 atom stereocenters. The van der Waals surface area contributed by atoms with E-state index in [4.69, 9.17) is 0 Å². The third kappa shape index (κ3) is 6.49. The van der Waals surface area contributed by atoms with Gasteiger partial charge in [-0.15, -0.1) is 0 Å². The monoisotopic (exact) mass is 389 g/mol. The van der Waals surface area contributed by atoms with Gasteiger partial charge in [0.15, 0.2) is 0 Å². The van der Waals surface area contributed by atoms with Crippen LogP contribution in [0.1, 0.15) is 64.7 Å². The van der Waals surface area contributed by atoms with Gasteiger partial charge in [0.1, 0.15) is 5.75 Å². The van der Waals surface area contributed by atoms with E-state index < -0.39 is 0 Å². The van der Waals surface area contributed by atoms with Gasteiger partial charge in [-0.05, 0) is 33.9 Å². The molecule has 158 valence electrons. The average molecular weight is 390 g/mol. The highest BCUT2D eigenvalue weighted by Gasteiger charge is 2.26. The summed E-state index contributed by atoms with van der Waals surface area (Å²) < 4.78 is 0. The lowest BCUT2D eigenvalue weighted by Crippen LogP contribution is -2.46. The van der Waals surface area contributed by atoms with Crippen LogP contribution in [0.25, 0.3) is 0 Å². The zero-order chi connectivity index (χ0) is 20.9. The number of hydrogen-bond donors (Lipinski definition) is 3. The average Bonchev–Trinajstić information content (AvgIpc) is 2.59. The van der Waals surface area contributed by atoms with E-state index in [1.807, 2.05) is 0 Å². The summed E-state index contributed by atoms with van der Waals surface area (Å²) in [4.78, 5) is 14.7. The fraction of sp³-hybridized carbons (Fsp3) is 0.696. The van der Waals surface area contributed by atoms with Crippen LogP contribution < -0.4 is 10.6 Å². The quantitative estimate of drug-likeness (QED) is 0.700. The van der Waals surface area contributed by atoms with Crippen LogP contribution >= 0.6 is 0 Å². The van der Waals surface area contributed by atoms with E-state index in [9.17, 15) is 9.90 Å². The second kappa shape index (κ2) is 9.27. The third-order valence-electron chi connectivity index (χ3n) is 5.39. The number of piperazine rings is 1. The molecule has 1 heterocycles. The van der Waals surface area contributed by atoms with Gasteiger partial charge in [-0.25, -0.2) is 0 Å². The van der Waals surface area contributed by atoms with Gasteiger partial charge >= 0.3 is 0 Å². The number of carbonyl (C=O) groups is 1. The number of amides is 1. The smallest absolute Gasteiger partial charge is 0.220 e. The maximum atomic E-state index is 12.3. The van der Waals surface area contributed by atoms with E-state index >= 15 is 0 Å². The summed E-state index contributed by atoms with van der Waals surface area (Å²) in [6, 6.07) is 4.14. The summed E-state index contributed by atoms with van der Waals surface area (Å²) in [5.41, 5.74) is 2.73. The van der Waals surface area contributed by atoms with Crippen molar-refractivity contribution in [1.82, 2.24) is 15.5 Å². The molecule has 0 unspecified atom stereocenters. The molecule has 1 fully saturated rings. The molecule has 2 rings (SSSR count). The van der Waals surface area contributed by atoms with E-state index in [0.717, 1.165) is 49.4 Å². The highest BCUT2D eigenvalue weighted by atomic mass is 16.3. The van der Waals surface area contributed by atoms with Crippen LogP contribution in [0, 0.1) is 0 Å². The lowest BCUT2D eigenvalue weighted by molar-refractivity contribution is -0.121. The predicted molar refractivity (Wildman–Crippen MR) is 116 cm³/mol. The molecule has 0 radical (unpaired) electrons. The molecule has 1 aromatic carbocycles. The van der Waals surface area contributed by atoms with Gasteiger partial charge in [-0.2, -0.15) is 0 Å². The second-order valence-corrected chi connectivity index (χ2v) is 9.98. The molecule has 1 aliphatic rings. The number of rotatable bonds is 6. The summed E-state index contributed by atoms with van der Waals surface area (Å²) in [5.74, 6) is 0.488. The number of aryl methyl sites for hydroxylation is 1. The van der Waals surface area contributed by atoms with Crippen LogP contribution in [0.3, 0.4) is 0 Å². The molecular weight excluding hydrogens is 350 g/mol. The molecule has 0 bridgehead atoms. The number of phenols is 1. The third-order valence-corrected chi connectivity index (χ3v) is 5.39. The van der Waals surface area contributed by atoms with Crippen molar-refractivity contribution < 1.29 is 9.90 Å².